The Morgan fingerprint density at radius 3 is 2.72 bits per heavy atom. The van der Waals surface area contributed by atoms with Crippen LogP contribution in [0, 0.1) is 12.7 Å². The topological polar surface area (TPSA) is 57.8 Å². The lowest BCUT2D eigenvalue weighted by Gasteiger charge is -2.08. The van der Waals surface area contributed by atoms with Gasteiger partial charge in [-0.1, -0.05) is 42.2 Å². The van der Waals surface area contributed by atoms with Gasteiger partial charge >= 0.3 is 0 Å². The van der Waals surface area contributed by atoms with E-state index in [1.807, 2.05) is 18.2 Å². The van der Waals surface area contributed by atoms with Gasteiger partial charge in [0, 0.05) is 12.3 Å². The SMILES string of the molecule is Cc1nc2ccc(CNC(=S)SCc3ccc(F)cc3)cc2c(=O)[nH]1. The summed E-state index contributed by atoms with van der Waals surface area (Å²) >= 11 is 6.80. The van der Waals surface area contributed by atoms with Gasteiger partial charge in [-0.15, -0.1) is 0 Å². The van der Waals surface area contributed by atoms with Crippen molar-refractivity contribution in [1.82, 2.24) is 15.3 Å². The minimum atomic E-state index is -0.245. The Morgan fingerprint density at radius 1 is 1.24 bits per heavy atom. The maximum Gasteiger partial charge on any atom is 0.258 e. The molecule has 0 amide bonds. The van der Waals surface area contributed by atoms with Crippen LogP contribution in [0.15, 0.2) is 47.3 Å². The molecule has 0 aliphatic carbocycles. The zero-order valence-corrected chi connectivity index (χ0v) is 15.1. The van der Waals surface area contributed by atoms with E-state index in [-0.39, 0.29) is 11.4 Å². The van der Waals surface area contributed by atoms with E-state index in [0.29, 0.717) is 33.3 Å². The minimum Gasteiger partial charge on any atom is -0.367 e. The molecule has 0 unspecified atom stereocenters. The Labute approximate surface area is 153 Å². The van der Waals surface area contributed by atoms with Crippen LogP contribution in [0.25, 0.3) is 10.9 Å². The molecule has 0 spiro atoms. The van der Waals surface area contributed by atoms with Crippen molar-refractivity contribution < 1.29 is 4.39 Å². The molecule has 2 N–H and O–H groups in total. The first-order valence-electron chi connectivity index (χ1n) is 7.66. The van der Waals surface area contributed by atoms with Gasteiger partial charge in [-0.3, -0.25) is 4.79 Å². The highest BCUT2D eigenvalue weighted by Crippen LogP contribution is 2.15. The van der Waals surface area contributed by atoms with Crippen LogP contribution >= 0.6 is 24.0 Å². The lowest BCUT2D eigenvalue weighted by atomic mass is 10.1. The molecule has 1 aromatic heterocycles. The van der Waals surface area contributed by atoms with E-state index < -0.39 is 0 Å². The number of aryl methyl sites for hydroxylation is 1. The van der Waals surface area contributed by atoms with Crippen LogP contribution in [0.2, 0.25) is 0 Å². The molecule has 2 aromatic carbocycles. The summed E-state index contributed by atoms with van der Waals surface area (Å²) in [7, 11) is 0. The van der Waals surface area contributed by atoms with Gasteiger partial charge in [-0.25, -0.2) is 9.37 Å². The monoisotopic (exact) mass is 373 g/mol. The van der Waals surface area contributed by atoms with Crippen LogP contribution in [0.5, 0.6) is 0 Å². The predicted octanol–water partition coefficient (Wildman–Crippen LogP) is 3.68. The third-order valence-electron chi connectivity index (χ3n) is 3.61. The summed E-state index contributed by atoms with van der Waals surface area (Å²) in [5.74, 6) is 1.03. The number of aromatic nitrogens is 2. The highest BCUT2D eigenvalue weighted by atomic mass is 32.2. The Morgan fingerprint density at radius 2 is 1.96 bits per heavy atom. The summed E-state index contributed by atoms with van der Waals surface area (Å²) in [6.45, 7) is 2.28. The third-order valence-corrected chi connectivity index (χ3v) is 4.99. The lowest BCUT2D eigenvalue weighted by Crippen LogP contribution is -2.18. The number of thiocarbonyl (C=S) groups is 1. The minimum absolute atomic E-state index is 0.141. The average molecular weight is 373 g/mol. The van der Waals surface area contributed by atoms with E-state index in [1.54, 1.807) is 19.1 Å². The van der Waals surface area contributed by atoms with Gasteiger partial charge in [0.1, 0.15) is 16.0 Å². The van der Waals surface area contributed by atoms with Crippen molar-refractivity contribution in [2.75, 3.05) is 0 Å². The van der Waals surface area contributed by atoms with Crippen molar-refractivity contribution in [1.29, 1.82) is 0 Å². The summed E-state index contributed by atoms with van der Waals surface area (Å²) in [4.78, 5) is 19.0. The fourth-order valence-corrected chi connectivity index (χ4v) is 3.28. The Kier molecular flexibility index (Phi) is 5.45. The molecule has 0 saturated heterocycles. The molecule has 0 saturated carbocycles. The number of hydrogen-bond acceptors (Lipinski definition) is 4. The van der Waals surface area contributed by atoms with Crippen LogP contribution in [0.3, 0.4) is 0 Å². The van der Waals surface area contributed by atoms with Crippen LogP contribution in [-0.4, -0.2) is 14.3 Å². The van der Waals surface area contributed by atoms with Crippen molar-refractivity contribution >= 4 is 39.2 Å². The number of thioether (sulfide) groups is 1. The quantitative estimate of drug-likeness (QED) is 0.683. The molecule has 0 aliphatic rings. The molecular weight excluding hydrogens is 357 g/mol. The first kappa shape index (κ1) is 17.6. The van der Waals surface area contributed by atoms with Crippen molar-refractivity contribution in [2.24, 2.45) is 0 Å². The zero-order valence-electron chi connectivity index (χ0n) is 13.5. The molecule has 0 fully saturated rings. The Balaban J connectivity index is 1.59. The number of benzene rings is 2. The molecule has 0 radical (unpaired) electrons. The molecule has 25 heavy (non-hydrogen) atoms. The second kappa shape index (κ2) is 7.76. The molecule has 1 heterocycles. The first-order valence-corrected chi connectivity index (χ1v) is 9.05. The maximum atomic E-state index is 12.9. The summed E-state index contributed by atoms with van der Waals surface area (Å²) in [6, 6.07) is 12.0. The molecule has 128 valence electrons. The summed E-state index contributed by atoms with van der Waals surface area (Å²) in [5.41, 5.74) is 2.50. The smallest absolute Gasteiger partial charge is 0.258 e. The number of fused-ring (bicyclic) bond motifs is 1. The normalized spacial score (nSPS) is 10.8. The van der Waals surface area contributed by atoms with Crippen LogP contribution in [0.1, 0.15) is 17.0 Å². The fraction of sp³-hybridized carbons (Fsp3) is 0.167. The molecule has 4 nitrogen and oxygen atoms in total. The fourth-order valence-electron chi connectivity index (χ4n) is 2.37. The highest BCUT2D eigenvalue weighted by molar-refractivity contribution is 8.22. The van der Waals surface area contributed by atoms with Gasteiger partial charge < -0.3 is 10.3 Å². The number of rotatable bonds is 4. The van der Waals surface area contributed by atoms with Gasteiger partial charge in [0.05, 0.1) is 10.9 Å². The van der Waals surface area contributed by atoms with E-state index >= 15 is 0 Å². The van der Waals surface area contributed by atoms with E-state index in [4.69, 9.17) is 12.2 Å². The van der Waals surface area contributed by atoms with Crippen molar-refractivity contribution in [3.8, 4) is 0 Å². The number of aromatic amines is 1. The third kappa shape index (κ3) is 4.64. The molecule has 0 atom stereocenters. The molecule has 3 aromatic rings. The van der Waals surface area contributed by atoms with Crippen molar-refractivity contribution in [3.05, 3.63) is 75.6 Å². The van der Waals surface area contributed by atoms with Crippen LogP contribution in [-0.2, 0) is 12.3 Å². The Hall–Kier alpha value is -2.25. The van der Waals surface area contributed by atoms with Gasteiger partial charge in [0.25, 0.3) is 5.56 Å². The standard InChI is InChI=1S/C18H16FN3OS2/c1-11-21-16-7-4-13(8-15(16)17(23)22-11)9-20-18(24)25-10-12-2-5-14(19)6-3-12/h2-8H,9-10H2,1H3,(H,20,24)(H,21,22,23). The summed E-state index contributed by atoms with van der Waals surface area (Å²) < 4.78 is 13.5. The number of hydrogen-bond donors (Lipinski definition) is 2. The maximum absolute atomic E-state index is 12.9. The van der Waals surface area contributed by atoms with Gasteiger partial charge in [-0.2, -0.15) is 0 Å². The van der Waals surface area contributed by atoms with Gasteiger partial charge in [0.2, 0.25) is 0 Å². The van der Waals surface area contributed by atoms with E-state index in [0.717, 1.165) is 11.1 Å². The number of nitrogens with one attached hydrogen (secondary N) is 2. The molecule has 7 heteroatoms. The first-order chi connectivity index (χ1) is 12.0. The second-order valence-electron chi connectivity index (χ2n) is 5.56. The van der Waals surface area contributed by atoms with Crippen LogP contribution in [0.4, 0.5) is 4.39 Å². The zero-order chi connectivity index (χ0) is 17.8. The van der Waals surface area contributed by atoms with Crippen molar-refractivity contribution in [2.45, 2.75) is 19.2 Å². The van der Waals surface area contributed by atoms with E-state index in [1.165, 1.54) is 23.9 Å². The number of H-pyrrole nitrogens is 1. The van der Waals surface area contributed by atoms with E-state index in [9.17, 15) is 9.18 Å². The van der Waals surface area contributed by atoms with Gasteiger partial charge in [0.15, 0.2) is 0 Å². The van der Waals surface area contributed by atoms with E-state index in [2.05, 4.69) is 15.3 Å². The number of nitrogens with zero attached hydrogens (tertiary/aromatic N) is 1. The predicted molar refractivity (Wildman–Crippen MR) is 104 cm³/mol. The molecule has 0 bridgehead atoms. The Bertz CT molecular complexity index is 970. The second-order valence-corrected chi connectivity index (χ2v) is 7.21. The van der Waals surface area contributed by atoms with Crippen LogP contribution < -0.4 is 10.9 Å². The highest BCUT2D eigenvalue weighted by Gasteiger charge is 2.04. The van der Waals surface area contributed by atoms with Gasteiger partial charge in [-0.05, 0) is 42.3 Å². The molecule has 0 aliphatic heterocycles. The molecule has 3 rings (SSSR count). The lowest BCUT2D eigenvalue weighted by molar-refractivity contribution is 0.627. The molecular formula is C18H16FN3OS2. The average Bonchev–Trinajstić information content (AvgIpc) is 2.59. The largest absolute Gasteiger partial charge is 0.367 e. The van der Waals surface area contributed by atoms with Crippen molar-refractivity contribution in [3.63, 3.8) is 0 Å². The number of halogens is 1. The summed E-state index contributed by atoms with van der Waals surface area (Å²) in [6.07, 6.45) is 0. The summed E-state index contributed by atoms with van der Waals surface area (Å²) in [5, 5.41) is 3.73.